The highest BCUT2D eigenvalue weighted by Crippen LogP contribution is 2.31. The Morgan fingerprint density at radius 3 is 2.80 bits per heavy atom. The second-order valence-corrected chi connectivity index (χ2v) is 4.91. The highest BCUT2D eigenvalue weighted by Gasteiger charge is 2.23. The van der Waals surface area contributed by atoms with Crippen LogP contribution in [0, 0.1) is 0 Å². The molecule has 0 saturated heterocycles. The van der Waals surface area contributed by atoms with E-state index in [1.807, 2.05) is 0 Å². The number of anilines is 1. The lowest BCUT2D eigenvalue weighted by molar-refractivity contribution is 0.0517. The molecular formula is C13H13N3O3S. The minimum absolute atomic E-state index is 0.0302. The monoisotopic (exact) mass is 291 g/mol. The lowest BCUT2D eigenvalue weighted by Crippen LogP contribution is -2.09. The van der Waals surface area contributed by atoms with Gasteiger partial charge in [0.1, 0.15) is 15.7 Å². The largest absolute Gasteiger partial charge is 0.461 e. The molecule has 2 N–H and O–H groups in total. The number of carbonyl (C=O) groups excluding carboxylic acids is 2. The lowest BCUT2D eigenvalue weighted by Gasteiger charge is -1.99. The summed E-state index contributed by atoms with van der Waals surface area (Å²) in [4.78, 5) is 31.9. The van der Waals surface area contributed by atoms with Crippen molar-refractivity contribution in [3.05, 3.63) is 28.9 Å². The van der Waals surface area contributed by atoms with Gasteiger partial charge in [-0.05, 0) is 19.1 Å². The van der Waals surface area contributed by atoms with Gasteiger partial charge in [-0.25, -0.2) is 14.8 Å². The van der Waals surface area contributed by atoms with E-state index in [4.69, 9.17) is 10.5 Å². The van der Waals surface area contributed by atoms with Crippen molar-refractivity contribution in [2.75, 3.05) is 12.3 Å². The van der Waals surface area contributed by atoms with Crippen LogP contribution in [0.2, 0.25) is 0 Å². The van der Waals surface area contributed by atoms with Crippen molar-refractivity contribution in [2.24, 2.45) is 0 Å². The van der Waals surface area contributed by atoms with Gasteiger partial charge in [0.25, 0.3) is 0 Å². The molecule has 0 unspecified atom stereocenters. The predicted octanol–water partition coefficient (Wildman–Crippen LogP) is 2.17. The molecular weight excluding hydrogens is 278 g/mol. The highest BCUT2D eigenvalue weighted by atomic mass is 32.1. The van der Waals surface area contributed by atoms with Crippen molar-refractivity contribution in [3.63, 3.8) is 0 Å². The van der Waals surface area contributed by atoms with Gasteiger partial charge in [0.15, 0.2) is 11.5 Å². The maximum absolute atomic E-state index is 11.8. The molecule has 7 heteroatoms. The molecule has 0 radical (unpaired) electrons. The first-order chi connectivity index (χ1) is 9.54. The van der Waals surface area contributed by atoms with E-state index in [-0.39, 0.29) is 23.0 Å². The quantitative estimate of drug-likeness (QED) is 0.685. The van der Waals surface area contributed by atoms with Gasteiger partial charge in [-0.15, -0.1) is 11.3 Å². The summed E-state index contributed by atoms with van der Waals surface area (Å²) in [6.45, 7) is 3.29. The van der Waals surface area contributed by atoms with E-state index in [1.165, 1.54) is 6.92 Å². The number of nitrogens with two attached hydrogens (primary N) is 1. The molecule has 0 aliphatic carbocycles. The Balaban J connectivity index is 2.53. The molecule has 2 rings (SSSR count). The van der Waals surface area contributed by atoms with Crippen molar-refractivity contribution in [1.29, 1.82) is 0 Å². The van der Waals surface area contributed by atoms with E-state index < -0.39 is 5.97 Å². The average molecular weight is 291 g/mol. The Kier molecular flexibility index (Phi) is 4.09. The summed E-state index contributed by atoms with van der Waals surface area (Å²) in [5.74, 6) is -0.548. The van der Waals surface area contributed by atoms with E-state index in [0.29, 0.717) is 16.4 Å². The summed E-state index contributed by atoms with van der Waals surface area (Å²) in [5, 5.41) is 0.476. The summed E-state index contributed by atoms with van der Waals surface area (Å²) < 4.78 is 4.90. The number of thiazole rings is 1. The molecule has 0 bridgehead atoms. The fourth-order valence-corrected chi connectivity index (χ4v) is 2.59. The van der Waals surface area contributed by atoms with E-state index in [1.54, 1.807) is 25.3 Å². The third kappa shape index (κ3) is 2.67. The summed E-state index contributed by atoms with van der Waals surface area (Å²) in [6.07, 6.45) is 1.56. The number of hydrogen-bond acceptors (Lipinski definition) is 7. The van der Waals surface area contributed by atoms with Crippen molar-refractivity contribution in [2.45, 2.75) is 13.8 Å². The number of aromatic nitrogens is 2. The number of hydrogen-bond donors (Lipinski definition) is 1. The maximum Gasteiger partial charge on any atom is 0.358 e. The number of pyridine rings is 1. The Bertz CT molecular complexity index is 667. The molecule has 104 valence electrons. The standard InChI is InChI=1S/C13H13N3O3S/c1-3-19-13(18)9-10(7(2)17)20-12(16-9)8-5-4-6-15-11(8)14/h4-6H,3H2,1-2H3,(H2,14,15). The number of rotatable bonds is 4. The van der Waals surface area contributed by atoms with Crippen molar-refractivity contribution < 1.29 is 14.3 Å². The van der Waals surface area contributed by atoms with E-state index >= 15 is 0 Å². The number of esters is 1. The smallest absolute Gasteiger partial charge is 0.358 e. The minimum atomic E-state index is -0.609. The average Bonchev–Trinajstić information content (AvgIpc) is 2.84. The number of carbonyl (C=O) groups is 2. The van der Waals surface area contributed by atoms with Crippen molar-refractivity contribution in [3.8, 4) is 10.6 Å². The molecule has 0 spiro atoms. The molecule has 0 amide bonds. The van der Waals surface area contributed by atoms with Crippen molar-refractivity contribution in [1.82, 2.24) is 9.97 Å². The number of Topliss-reactive ketones (excluding diaryl/α,β-unsaturated/α-hetero) is 1. The van der Waals surface area contributed by atoms with Gasteiger partial charge in [-0.2, -0.15) is 0 Å². The predicted molar refractivity (Wildman–Crippen MR) is 75.7 cm³/mol. The van der Waals surface area contributed by atoms with E-state index in [2.05, 4.69) is 9.97 Å². The maximum atomic E-state index is 11.8. The van der Waals surface area contributed by atoms with Crippen LogP contribution in [0.15, 0.2) is 18.3 Å². The highest BCUT2D eigenvalue weighted by molar-refractivity contribution is 7.17. The summed E-state index contributed by atoms with van der Waals surface area (Å²) in [6, 6.07) is 3.45. The van der Waals surface area contributed by atoms with Crippen molar-refractivity contribution >= 4 is 28.9 Å². The SMILES string of the molecule is CCOC(=O)c1nc(-c2cccnc2N)sc1C(C)=O. The van der Waals surface area contributed by atoms with Crippen LogP contribution in [0.5, 0.6) is 0 Å². The fourth-order valence-electron chi connectivity index (χ4n) is 1.61. The third-order valence-electron chi connectivity index (χ3n) is 2.48. The number of nitrogens with zero attached hydrogens (tertiary/aromatic N) is 2. The van der Waals surface area contributed by atoms with Gasteiger partial charge in [0.05, 0.1) is 12.2 Å². The van der Waals surface area contributed by atoms with Crippen LogP contribution in [0.1, 0.15) is 34.0 Å². The van der Waals surface area contributed by atoms with Crippen LogP contribution in [0.25, 0.3) is 10.6 Å². The van der Waals surface area contributed by atoms with Gasteiger partial charge in [0, 0.05) is 13.1 Å². The molecule has 20 heavy (non-hydrogen) atoms. The van der Waals surface area contributed by atoms with E-state index in [9.17, 15) is 9.59 Å². The zero-order valence-corrected chi connectivity index (χ0v) is 11.9. The Labute approximate surface area is 119 Å². The second kappa shape index (κ2) is 5.79. The van der Waals surface area contributed by atoms with Crippen LogP contribution in [-0.4, -0.2) is 28.3 Å². The summed E-state index contributed by atoms with van der Waals surface area (Å²) in [5.41, 5.74) is 6.40. The zero-order chi connectivity index (χ0) is 14.7. The Morgan fingerprint density at radius 2 is 2.20 bits per heavy atom. The van der Waals surface area contributed by atoms with Gasteiger partial charge in [-0.3, -0.25) is 4.79 Å². The minimum Gasteiger partial charge on any atom is -0.461 e. The zero-order valence-electron chi connectivity index (χ0n) is 11.0. The number of ether oxygens (including phenoxy) is 1. The first-order valence-corrected chi connectivity index (χ1v) is 6.76. The molecule has 0 aliphatic rings. The Morgan fingerprint density at radius 1 is 1.45 bits per heavy atom. The molecule has 0 aromatic carbocycles. The molecule has 6 nitrogen and oxygen atoms in total. The molecule has 2 aromatic rings. The first kappa shape index (κ1) is 14.1. The molecule has 0 fully saturated rings. The number of ketones is 1. The molecule has 2 aromatic heterocycles. The van der Waals surface area contributed by atoms with Crippen LogP contribution in [0.4, 0.5) is 5.82 Å². The van der Waals surface area contributed by atoms with Crippen LogP contribution in [0.3, 0.4) is 0 Å². The van der Waals surface area contributed by atoms with E-state index in [0.717, 1.165) is 11.3 Å². The normalized spacial score (nSPS) is 10.3. The fraction of sp³-hybridized carbons (Fsp3) is 0.231. The molecule has 0 atom stereocenters. The van der Waals surface area contributed by atoms with Gasteiger partial charge >= 0.3 is 5.97 Å². The molecule has 0 aliphatic heterocycles. The number of nitrogen functional groups attached to an aromatic ring is 1. The summed E-state index contributed by atoms with van der Waals surface area (Å²) in [7, 11) is 0. The van der Waals surface area contributed by atoms with Gasteiger partial charge in [-0.1, -0.05) is 0 Å². The van der Waals surface area contributed by atoms with Crippen LogP contribution in [-0.2, 0) is 4.74 Å². The molecule has 0 saturated carbocycles. The third-order valence-corrected chi connectivity index (χ3v) is 3.67. The van der Waals surface area contributed by atoms with Gasteiger partial charge < -0.3 is 10.5 Å². The molecule has 2 heterocycles. The van der Waals surface area contributed by atoms with Crippen LogP contribution < -0.4 is 5.73 Å². The lowest BCUT2D eigenvalue weighted by atomic mass is 10.2. The first-order valence-electron chi connectivity index (χ1n) is 5.94. The topological polar surface area (TPSA) is 95.2 Å². The van der Waals surface area contributed by atoms with Crippen LogP contribution >= 0.6 is 11.3 Å². The summed E-state index contributed by atoms with van der Waals surface area (Å²) >= 11 is 1.11. The Hall–Kier alpha value is -2.28. The second-order valence-electron chi connectivity index (χ2n) is 3.91. The van der Waals surface area contributed by atoms with Gasteiger partial charge in [0.2, 0.25) is 0 Å².